The van der Waals surface area contributed by atoms with Crippen molar-refractivity contribution in [3.8, 4) is 5.75 Å². The molecule has 0 fully saturated rings. The maximum atomic E-state index is 11.7. The van der Waals surface area contributed by atoms with Crippen LogP contribution >= 0.6 is 0 Å². The van der Waals surface area contributed by atoms with Gasteiger partial charge in [0.05, 0.1) is 0 Å². The Hall–Kier alpha value is -1.07. The molecule has 1 aromatic carbocycles. The third kappa shape index (κ3) is 11.2. The number of benzene rings is 1. The second-order valence-corrected chi connectivity index (χ2v) is 7.29. The number of hydrogen-bond acceptors (Lipinski definition) is 3. The average Bonchev–Trinajstić information content (AvgIpc) is 2.53. The first-order valence-corrected chi connectivity index (χ1v) is 10.3. The first kappa shape index (κ1) is 20.0. The molecular formula is C18H31NO3S. The summed E-state index contributed by atoms with van der Waals surface area (Å²) in [7, 11) is -3.69. The van der Waals surface area contributed by atoms with Crippen molar-refractivity contribution in [2.45, 2.75) is 71.1 Å². The Balaban J connectivity index is 1.98. The molecule has 0 spiro atoms. The molecule has 0 radical (unpaired) electrons. The molecule has 0 aliphatic rings. The van der Waals surface area contributed by atoms with E-state index in [1.54, 1.807) is 24.3 Å². The summed E-state index contributed by atoms with van der Waals surface area (Å²) in [4.78, 5) is 0. The fourth-order valence-electron chi connectivity index (χ4n) is 2.44. The minimum atomic E-state index is -3.69. The first-order chi connectivity index (χ1) is 11.1. The molecule has 0 amide bonds. The van der Waals surface area contributed by atoms with Crippen LogP contribution in [0.25, 0.3) is 0 Å². The van der Waals surface area contributed by atoms with Gasteiger partial charge >= 0.3 is 10.3 Å². The van der Waals surface area contributed by atoms with Crippen molar-refractivity contribution in [1.29, 1.82) is 0 Å². The third-order valence-electron chi connectivity index (χ3n) is 3.76. The van der Waals surface area contributed by atoms with Gasteiger partial charge in [0.15, 0.2) is 0 Å². The fourth-order valence-corrected chi connectivity index (χ4v) is 3.26. The molecule has 1 aromatic rings. The summed E-state index contributed by atoms with van der Waals surface area (Å²) in [5, 5.41) is 0. The topological polar surface area (TPSA) is 55.4 Å². The molecule has 132 valence electrons. The zero-order valence-corrected chi connectivity index (χ0v) is 15.1. The summed E-state index contributed by atoms with van der Waals surface area (Å²) < 4.78 is 30.9. The van der Waals surface area contributed by atoms with Crippen molar-refractivity contribution in [2.75, 3.05) is 6.54 Å². The smallest absolute Gasteiger partial charge is 0.371 e. The number of unbranched alkanes of at least 4 members (excludes halogenated alkanes) is 9. The standard InChI is InChI=1S/C18H31NO3S/c1-2-3-4-5-6-7-8-9-10-14-17-19-23(20,21)22-18-15-12-11-13-16-18/h11-13,15-16,19H,2-10,14,17H2,1H3. The highest BCUT2D eigenvalue weighted by atomic mass is 32.2. The van der Waals surface area contributed by atoms with Gasteiger partial charge in [-0.1, -0.05) is 82.9 Å². The minimum absolute atomic E-state index is 0.336. The van der Waals surface area contributed by atoms with Gasteiger partial charge in [-0.25, -0.2) is 0 Å². The van der Waals surface area contributed by atoms with Gasteiger partial charge < -0.3 is 4.18 Å². The number of rotatable bonds is 14. The molecule has 0 aliphatic carbocycles. The fraction of sp³-hybridized carbons (Fsp3) is 0.667. The molecule has 0 saturated heterocycles. The van der Waals surface area contributed by atoms with Crippen LogP contribution in [0.1, 0.15) is 71.1 Å². The lowest BCUT2D eigenvalue weighted by atomic mass is 10.1. The second kappa shape index (κ2) is 12.4. The summed E-state index contributed by atoms with van der Waals surface area (Å²) in [5.74, 6) is 0.336. The van der Waals surface area contributed by atoms with E-state index in [9.17, 15) is 8.42 Å². The van der Waals surface area contributed by atoms with E-state index in [1.165, 1.54) is 51.4 Å². The molecule has 23 heavy (non-hydrogen) atoms. The molecule has 0 bridgehead atoms. The third-order valence-corrected chi connectivity index (χ3v) is 4.73. The van der Waals surface area contributed by atoms with E-state index in [2.05, 4.69) is 11.6 Å². The molecule has 0 heterocycles. The van der Waals surface area contributed by atoms with Gasteiger partial charge in [-0.15, -0.1) is 0 Å². The molecule has 5 heteroatoms. The molecule has 4 nitrogen and oxygen atoms in total. The monoisotopic (exact) mass is 341 g/mol. The van der Waals surface area contributed by atoms with Gasteiger partial charge in [0, 0.05) is 6.54 Å². The molecular weight excluding hydrogens is 310 g/mol. The van der Waals surface area contributed by atoms with Crippen LogP contribution in [0.3, 0.4) is 0 Å². The van der Waals surface area contributed by atoms with Crippen LogP contribution in [-0.2, 0) is 10.3 Å². The summed E-state index contributed by atoms with van der Waals surface area (Å²) in [5.41, 5.74) is 0. The maximum Gasteiger partial charge on any atom is 0.382 e. The van der Waals surface area contributed by atoms with Crippen molar-refractivity contribution < 1.29 is 12.6 Å². The molecule has 0 atom stereocenters. The minimum Gasteiger partial charge on any atom is -0.371 e. The summed E-state index contributed by atoms with van der Waals surface area (Å²) >= 11 is 0. The lowest BCUT2D eigenvalue weighted by Crippen LogP contribution is -2.29. The predicted octanol–water partition coefficient (Wildman–Crippen LogP) is 4.82. The molecule has 0 saturated carbocycles. The van der Waals surface area contributed by atoms with Gasteiger partial charge in [-0.2, -0.15) is 13.1 Å². The van der Waals surface area contributed by atoms with Gasteiger partial charge in [0.1, 0.15) is 5.75 Å². The van der Waals surface area contributed by atoms with Crippen LogP contribution in [0.15, 0.2) is 30.3 Å². The van der Waals surface area contributed by atoms with Crippen LogP contribution < -0.4 is 8.91 Å². The number of para-hydroxylation sites is 1. The highest BCUT2D eigenvalue weighted by Crippen LogP contribution is 2.12. The van der Waals surface area contributed by atoms with Gasteiger partial charge in [0.2, 0.25) is 0 Å². The van der Waals surface area contributed by atoms with Crippen molar-refractivity contribution in [3.05, 3.63) is 30.3 Å². The quantitative estimate of drug-likeness (QED) is 0.494. The van der Waals surface area contributed by atoms with E-state index in [1.807, 2.05) is 6.07 Å². The molecule has 1 N–H and O–H groups in total. The zero-order valence-electron chi connectivity index (χ0n) is 14.3. The maximum absolute atomic E-state index is 11.7. The lowest BCUT2D eigenvalue weighted by Gasteiger charge is -2.08. The van der Waals surface area contributed by atoms with Crippen LogP contribution in [0, 0.1) is 0 Å². The van der Waals surface area contributed by atoms with Crippen LogP contribution in [0.2, 0.25) is 0 Å². The van der Waals surface area contributed by atoms with Gasteiger partial charge in [-0.3, -0.25) is 0 Å². The van der Waals surface area contributed by atoms with E-state index in [0.717, 1.165) is 12.8 Å². The highest BCUT2D eigenvalue weighted by molar-refractivity contribution is 7.85. The van der Waals surface area contributed by atoms with E-state index in [0.29, 0.717) is 12.3 Å². The first-order valence-electron chi connectivity index (χ1n) is 8.88. The lowest BCUT2D eigenvalue weighted by molar-refractivity contribution is 0.468. The molecule has 1 rings (SSSR count). The van der Waals surface area contributed by atoms with Crippen molar-refractivity contribution in [2.24, 2.45) is 0 Å². The summed E-state index contributed by atoms with van der Waals surface area (Å²) in [6, 6.07) is 8.55. The average molecular weight is 342 g/mol. The second-order valence-electron chi connectivity index (χ2n) is 5.93. The SMILES string of the molecule is CCCCCCCCCCCCNS(=O)(=O)Oc1ccccc1. The Labute approximate surface area is 141 Å². The zero-order chi connectivity index (χ0) is 16.8. The van der Waals surface area contributed by atoms with E-state index in [4.69, 9.17) is 4.18 Å². The number of hydrogen-bond donors (Lipinski definition) is 1. The van der Waals surface area contributed by atoms with Gasteiger partial charge in [-0.05, 0) is 18.6 Å². The van der Waals surface area contributed by atoms with Crippen LogP contribution in [0.4, 0.5) is 0 Å². The van der Waals surface area contributed by atoms with E-state index in [-0.39, 0.29) is 0 Å². The number of nitrogens with one attached hydrogen (secondary N) is 1. The van der Waals surface area contributed by atoms with Crippen LogP contribution in [0.5, 0.6) is 5.75 Å². The Kier molecular flexibility index (Phi) is 10.7. The molecule has 0 unspecified atom stereocenters. The summed E-state index contributed by atoms with van der Waals surface area (Å²) in [6.45, 7) is 2.67. The Morgan fingerprint density at radius 1 is 0.826 bits per heavy atom. The normalized spacial score (nSPS) is 11.5. The Morgan fingerprint density at radius 2 is 1.35 bits per heavy atom. The van der Waals surface area contributed by atoms with Crippen molar-refractivity contribution >= 4 is 10.3 Å². The molecule has 0 aromatic heterocycles. The van der Waals surface area contributed by atoms with E-state index >= 15 is 0 Å². The summed E-state index contributed by atoms with van der Waals surface area (Å²) in [6.07, 6.45) is 12.3. The Bertz CT molecular complexity index is 488. The molecule has 0 aliphatic heterocycles. The Morgan fingerprint density at radius 3 is 1.91 bits per heavy atom. The predicted molar refractivity (Wildman–Crippen MR) is 95.8 cm³/mol. The van der Waals surface area contributed by atoms with E-state index < -0.39 is 10.3 Å². The van der Waals surface area contributed by atoms with Crippen LogP contribution in [-0.4, -0.2) is 15.0 Å². The van der Waals surface area contributed by atoms with Crippen molar-refractivity contribution in [1.82, 2.24) is 4.72 Å². The van der Waals surface area contributed by atoms with Gasteiger partial charge in [0.25, 0.3) is 0 Å². The largest absolute Gasteiger partial charge is 0.382 e. The highest BCUT2D eigenvalue weighted by Gasteiger charge is 2.10. The van der Waals surface area contributed by atoms with Crippen molar-refractivity contribution in [3.63, 3.8) is 0 Å².